The molecule has 0 saturated carbocycles. The number of nitrogens with one attached hydrogen (secondary N) is 2. The number of H-pyrrole nitrogens is 1. The molecule has 0 aliphatic heterocycles. The van der Waals surface area contributed by atoms with Crippen molar-refractivity contribution in [2.24, 2.45) is 0 Å². The highest BCUT2D eigenvalue weighted by Crippen LogP contribution is 2.28. The van der Waals surface area contributed by atoms with Gasteiger partial charge in [-0.25, -0.2) is 0 Å². The molecule has 0 bridgehead atoms. The number of carbonyl (C=O) groups excluding carboxylic acids is 1. The molecule has 0 aliphatic carbocycles. The van der Waals surface area contributed by atoms with Crippen LogP contribution in [0.1, 0.15) is 0 Å². The number of aromatic nitrogens is 1. The van der Waals surface area contributed by atoms with E-state index in [0.29, 0.717) is 6.41 Å². The molecule has 0 saturated heterocycles. The molecule has 0 radical (unpaired) electrons. The highest BCUT2D eigenvalue weighted by atomic mass is 32.2. The summed E-state index contributed by atoms with van der Waals surface area (Å²) in [5.74, 6) is 0. The van der Waals surface area contributed by atoms with Gasteiger partial charge in [-0.3, -0.25) is 4.79 Å². The normalized spacial score (nSPS) is 10.4. The van der Waals surface area contributed by atoms with Gasteiger partial charge in [-0.15, -0.1) is 11.8 Å². The molecule has 2 aromatic rings. The average molecular weight is 206 g/mol. The maximum Gasteiger partial charge on any atom is 0.211 e. The fourth-order valence-corrected chi connectivity index (χ4v) is 1.99. The number of anilines is 1. The molecule has 0 atom stereocenters. The number of rotatable bonds is 3. The molecule has 14 heavy (non-hydrogen) atoms. The zero-order valence-corrected chi connectivity index (χ0v) is 8.52. The standard InChI is InChI=1S/C10H10N2OS/c1-14-10-5-11-9-3-2-7(12-6-13)4-8(9)10/h2-6,11H,1H3,(H,12,13). The molecule has 72 valence electrons. The Morgan fingerprint density at radius 1 is 1.50 bits per heavy atom. The van der Waals surface area contributed by atoms with Crippen LogP contribution >= 0.6 is 11.8 Å². The summed E-state index contributed by atoms with van der Waals surface area (Å²) in [6.45, 7) is 0. The van der Waals surface area contributed by atoms with E-state index in [9.17, 15) is 4.79 Å². The van der Waals surface area contributed by atoms with Gasteiger partial charge in [-0.05, 0) is 24.5 Å². The summed E-state index contributed by atoms with van der Waals surface area (Å²) in [4.78, 5) is 14.6. The number of benzene rings is 1. The van der Waals surface area contributed by atoms with E-state index in [1.165, 1.54) is 4.90 Å². The van der Waals surface area contributed by atoms with Crippen LogP contribution in [0, 0.1) is 0 Å². The summed E-state index contributed by atoms with van der Waals surface area (Å²) in [5.41, 5.74) is 1.91. The fourth-order valence-electron chi connectivity index (χ4n) is 1.42. The number of hydrogen-bond donors (Lipinski definition) is 2. The van der Waals surface area contributed by atoms with E-state index < -0.39 is 0 Å². The quantitative estimate of drug-likeness (QED) is 0.598. The predicted octanol–water partition coefficient (Wildman–Crippen LogP) is 2.46. The van der Waals surface area contributed by atoms with E-state index in [4.69, 9.17) is 0 Å². The third-order valence-electron chi connectivity index (χ3n) is 2.09. The summed E-state index contributed by atoms with van der Waals surface area (Å²) in [5, 5.41) is 3.78. The van der Waals surface area contributed by atoms with Crippen LogP contribution in [0.5, 0.6) is 0 Å². The van der Waals surface area contributed by atoms with Gasteiger partial charge in [0.15, 0.2) is 0 Å². The second-order valence-corrected chi connectivity index (χ2v) is 3.73. The third-order valence-corrected chi connectivity index (χ3v) is 2.87. The molecule has 4 heteroatoms. The number of aromatic amines is 1. The molecule has 2 rings (SSSR count). The highest BCUT2D eigenvalue weighted by Gasteiger charge is 2.02. The van der Waals surface area contributed by atoms with Crippen LogP contribution in [-0.2, 0) is 4.79 Å². The monoisotopic (exact) mass is 206 g/mol. The van der Waals surface area contributed by atoms with E-state index in [-0.39, 0.29) is 0 Å². The Bertz CT molecular complexity index is 464. The van der Waals surface area contributed by atoms with Gasteiger partial charge in [-0.1, -0.05) is 0 Å². The zero-order valence-electron chi connectivity index (χ0n) is 7.70. The van der Waals surface area contributed by atoms with Gasteiger partial charge in [0.25, 0.3) is 0 Å². The molecular weight excluding hydrogens is 196 g/mol. The Morgan fingerprint density at radius 2 is 2.36 bits per heavy atom. The van der Waals surface area contributed by atoms with Crippen molar-refractivity contribution in [3.8, 4) is 0 Å². The maximum absolute atomic E-state index is 10.3. The minimum atomic E-state index is 0.687. The summed E-state index contributed by atoms with van der Waals surface area (Å²) in [6, 6.07) is 5.80. The predicted molar refractivity (Wildman–Crippen MR) is 59.8 cm³/mol. The van der Waals surface area contributed by atoms with Crippen molar-refractivity contribution in [3.63, 3.8) is 0 Å². The van der Waals surface area contributed by atoms with Gasteiger partial charge in [0.1, 0.15) is 0 Å². The van der Waals surface area contributed by atoms with Crippen molar-refractivity contribution in [1.29, 1.82) is 0 Å². The summed E-state index contributed by atoms with van der Waals surface area (Å²) >= 11 is 1.68. The molecule has 1 heterocycles. The summed E-state index contributed by atoms with van der Waals surface area (Å²) in [7, 11) is 0. The SMILES string of the molecule is CSc1c[nH]c2ccc(NC=O)cc12. The molecule has 0 unspecified atom stereocenters. The minimum Gasteiger partial charge on any atom is -0.360 e. The lowest BCUT2D eigenvalue weighted by Gasteiger charge is -1.99. The first-order valence-electron chi connectivity index (χ1n) is 4.20. The lowest BCUT2D eigenvalue weighted by Crippen LogP contribution is -1.92. The van der Waals surface area contributed by atoms with Crippen LogP contribution in [0.3, 0.4) is 0 Å². The topological polar surface area (TPSA) is 44.9 Å². The van der Waals surface area contributed by atoms with E-state index in [2.05, 4.69) is 10.3 Å². The van der Waals surface area contributed by atoms with Crippen LogP contribution < -0.4 is 5.32 Å². The lowest BCUT2D eigenvalue weighted by atomic mass is 10.2. The second kappa shape index (κ2) is 3.75. The summed E-state index contributed by atoms with van der Waals surface area (Å²) in [6.07, 6.45) is 4.69. The largest absolute Gasteiger partial charge is 0.360 e. The molecule has 0 spiro atoms. The summed E-state index contributed by atoms with van der Waals surface area (Å²) < 4.78 is 0. The van der Waals surface area contributed by atoms with E-state index in [0.717, 1.165) is 16.6 Å². The second-order valence-electron chi connectivity index (χ2n) is 2.88. The number of hydrogen-bond acceptors (Lipinski definition) is 2. The van der Waals surface area contributed by atoms with Crippen LogP contribution in [0.25, 0.3) is 10.9 Å². The van der Waals surface area contributed by atoms with Crippen LogP contribution in [0.4, 0.5) is 5.69 Å². The Labute approximate surface area is 85.9 Å². The third kappa shape index (κ3) is 1.48. The van der Waals surface area contributed by atoms with Crippen molar-refractivity contribution in [3.05, 3.63) is 24.4 Å². The van der Waals surface area contributed by atoms with Gasteiger partial charge < -0.3 is 10.3 Å². The van der Waals surface area contributed by atoms with Gasteiger partial charge in [0.05, 0.1) is 0 Å². The number of amides is 1. The highest BCUT2D eigenvalue weighted by molar-refractivity contribution is 7.98. The molecule has 3 nitrogen and oxygen atoms in total. The number of thioether (sulfide) groups is 1. The lowest BCUT2D eigenvalue weighted by molar-refractivity contribution is -0.105. The van der Waals surface area contributed by atoms with E-state index >= 15 is 0 Å². The maximum atomic E-state index is 10.3. The number of fused-ring (bicyclic) bond motifs is 1. The molecule has 1 amide bonds. The van der Waals surface area contributed by atoms with Crippen LogP contribution in [-0.4, -0.2) is 17.6 Å². The zero-order chi connectivity index (χ0) is 9.97. The van der Waals surface area contributed by atoms with Gasteiger partial charge in [0, 0.05) is 27.7 Å². The first-order chi connectivity index (χ1) is 6.85. The van der Waals surface area contributed by atoms with Crippen molar-refractivity contribution in [1.82, 2.24) is 4.98 Å². The van der Waals surface area contributed by atoms with Gasteiger partial charge in [0.2, 0.25) is 6.41 Å². The first-order valence-corrected chi connectivity index (χ1v) is 5.43. The first kappa shape index (κ1) is 9.15. The molecule has 0 aliphatic rings. The molecule has 0 fully saturated rings. The Hall–Kier alpha value is -1.42. The van der Waals surface area contributed by atoms with Gasteiger partial charge >= 0.3 is 0 Å². The minimum absolute atomic E-state index is 0.687. The smallest absolute Gasteiger partial charge is 0.211 e. The average Bonchev–Trinajstić information content (AvgIpc) is 2.60. The fraction of sp³-hybridized carbons (Fsp3) is 0.100. The molecular formula is C10H10N2OS. The van der Waals surface area contributed by atoms with E-state index in [1.54, 1.807) is 11.8 Å². The Kier molecular flexibility index (Phi) is 2.45. The van der Waals surface area contributed by atoms with Crippen molar-refractivity contribution in [2.45, 2.75) is 4.90 Å². The Morgan fingerprint density at radius 3 is 3.07 bits per heavy atom. The van der Waals surface area contributed by atoms with Crippen LogP contribution in [0.2, 0.25) is 0 Å². The Balaban J connectivity index is 2.55. The number of carbonyl (C=O) groups is 1. The van der Waals surface area contributed by atoms with Crippen molar-refractivity contribution >= 4 is 34.8 Å². The van der Waals surface area contributed by atoms with Crippen molar-refractivity contribution < 1.29 is 4.79 Å². The van der Waals surface area contributed by atoms with Crippen molar-refractivity contribution in [2.75, 3.05) is 11.6 Å². The van der Waals surface area contributed by atoms with Gasteiger partial charge in [-0.2, -0.15) is 0 Å². The van der Waals surface area contributed by atoms with E-state index in [1.807, 2.05) is 30.7 Å². The van der Waals surface area contributed by atoms with Crippen LogP contribution in [0.15, 0.2) is 29.3 Å². The molecule has 1 aromatic carbocycles. The molecule has 1 aromatic heterocycles. The molecule has 2 N–H and O–H groups in total.